The molecule has 0 saturated heterocycles. The Kier molecular flexibility index (Phi) is 9.72. The average Bonchev–Trinajstić information content (AvgIpc) is 2.59. The molecule has 0 radical (unpaired) electrons. The summed E-state index contributed by atoms with van der Waals surface area (Å²) in [4.78, 5) is 15.7. The molecule has 1 aliphatic carbocycles. The molecule has 1 aliphatic heterocycles. The van der Waals surface area contributed by atoms with Crippen LogP contribution in [0.25, 0.3) is 0 Å². The van der Waals surface area contributed by atoms with Gasteiger partial charge in [0.15, 0.2) is 6.29 Å². The number of aldehydes is 1. The molecule has 0 aromatic rings. The molecule has 1 saturated carbocycles. The van der Waals surface area contributed by atoms with E-state index in [1.165, 1.54) is 83.5 Å². The third-order valence-electron chi connectivity index (χ3n) is 5.79. The third-order valence-corrected chi connectivity index (χ3v) is 6.12. The number of allylic oxidation sites excluding steroid dienone is 2. The van der Waals surface area contributed by atoms with Gasteiger partial charge in [0.2, 0.25) is 0 Å². The molecule has 0 spiro atoms. The second-order valence-corrected chi connectivity index (χ2v) is 7.99. The van der Waals surface area contributed by atoms with Gasteiger partial charge in [-0.25, -0.2) is 0 Å². The van der Waals surface area contributed by atoms with Crippen molar-refractivity contribution in [2.75, 3.05) is 6.54 Å². The van der Waals surface area contributed by atoms with Crippen LogP contribution in [0.4, 0.5) is 0 Å². The van der Waals surface area contributed by atoms with Crippen LogP contribution in [0.3, 0.4) is 0 Å². The molecule has 2 rings (SSSR count). The van der Waals surface area contributed by atoms with Crippen LogP contribution in [0.5, 0.6) is 0 Å². The van der Waals surface area contributed by atoms with Gasteiger partial charge in [-0.15, -0.1) is 0 Å². The number of hydrogen-bond donors (Lipinski definition) is 0. The molecular weight excluding hydrogens is 318 g/mol. The fourth-order valence-electron chi connectivity index (χ4n) is 4.17. The molecular formula is C21H34ClNO. The summed E-state index contributed by atoms with van der Waals surface area (Å²) < 4.78 is 0. The van der Waals surface area contributed by atoms with Crippen molar-refractivity contribution in [2.45, 2.75) is 89.9 Å². The molecule has 0 aromatic heterocycles. The molecule has 0 amide bonds. The standard InChI is InChI=1S/C21H34ClNO/c22-21-20(17-24)15-14-18-12-10-8-6-4-2-1-3-5-7-9-11-13-19(18)16-23-21/h15,17-19H,1-14,16H2/b20-15-,23-21+. The summed E-state index contributed by atoms with van der Waals surface area (Å²) in [6.07, 6.45) is 21.6. The van der Waals surface area contributed by atoms with Crippen molar-refractivity contribution in [3.63, 3.8) is 0 Å². The highest BCUT2D eigenvalue weighted by atomic mass is 35.5. The average molecular weight is 352 g/mol. The van der Waals surface area contributed by atoms with Gasteiger partial charge in [0, 0.05) is 12.1 Å². The number of fused-ring (bicyclic) bond motifs is 1. The van der Waals surface area contributed by atoms with Gasteiger partial charge in [-0.3, -0.25) is 9.79 Å². The zero-order chi connectivity index (χ0) is 17.0. The summed E-state index contributed by atoms with van der Waals surface area (Å²) in [5.41, 5.74) is 0.589. The van der Waals surface area contributed by atoms with Crippen molar-refractivity contribution in [1.82, 2.24) is 0 Å². The number of nitrogens with zero attached hydrogens (tertiary/aromatic N) is 1. The van der Waals surface area contributed by atoms with Crippen molar-refractivity contribution in [2.24, 2.45) is 16.8 Å². The molecule has 0 aromatic carbocycles. The van der Waals surface area contributed by atoms with E-state index < -0.39 is 0 Å². The smallest absolute Gasteiger partial charge is 0.152 e. The summed E-state index contributed by atoms with van der Waals surface area (Å²) in [6.45, 7) is 0.800. The van der Waals surface area contributed by atoms with Gasteiger partial charge in [-0.2, -0.15) is 0 Å². The number of carbonyl (C=O) groups excluding carboxylic acids is 1. The molecule has 0 N–H and O–H groups in total. The fourth-order valence-corrected chi connectivity index (χ4v) is 4.36. The predicted molar refractivity (Wildman–Crippen MR) is 104 cm³/mol. The first-order chi connectivity index (χ1) is 11.8. The Bertz CT molecular complexity index is 430. The van der Waals surface area contributed by atoms with Crippen LogP contribution in [-0.2, 0) is 4.79 Å². The molecule has 2 aliphatic rings. The van der Waals surface area contributed by atoms with Crippen molar-refractivity contribution in [3.8, 4) is 0 Å². The van der Waals surface area contributed by atoms with E-state index in [0.29, 0.717) is 22.6 Å². The van der Waals surface area contributed by atoms with E-state index in [-0.39, 0.29) is 0 Å². The van der Waals surface area contributed by atoms with Crippen LogP contribution in [0.15, 0.2) is 16.6 Å². The molecule has 1 fully saturated rings. The number of carbonyl (C=O) groups is 1. The molecule has 2 nitrogen and oxygen atoms in total. The van der Waals surface area contributed by atoms with Gasteiger partial charge < -0.3 is 0 Å². The van der Waals surface area contributed by atoms with Crippen molar-refractivity contribution >= 4 is 23.1 Å². The normalized spacial score (nSPS) is 33.2. The van der Waals surface area contributed by atoms with Gasteiger partial charge in [-0.1, -0.05) is 88.3 Å². The van der Waals surface area contributed by atoms with Crippen LogP contribution in [-0.4, -0.2) is 18.0 Å². The van der Waals surface area contributed by atoms with Gasteiger partial charge >= 0.3 is 0 Å². The first-order valence-corrected chi connectivity index (χ1v) is 10.5. The van der Waals surface area contributed by atoms with E-state index in [1.807, 2.05) is 6.08 Å². The highest BCUT2D eigenvalue weighted by Gasteiger charge is 2.22. The molecule has 2 unspecified atom stereocenters. The molecule has 136 valence electrons. The van der Waals surface area contributed by atoms with Gasteiger partial charge in [0.25, 0.3) is 0 Å². The molecule has 1 heterocycles. The van der Waals surface area contributed by atoms with E-state index >= 15 is 0 Å². The lowest BCUT2D eigenvalue weighted by Gasteiger charge is -2.27. The van der Waals surface area contributed by atoms with Gasteiger partial charge in [0.05, 0.1) is 0 Å². The minimum atomic E-state index is 0.416. The summed E-state index contributed by atoms with van der Waals surface area (Å²) in [7, 11) is 0. The summed E-state index contributed by atoms with van der Waals surface area (Å²) in [6, 6.07) is 0. The molecule has 2 atom stereocenters. The Balaban J connectivity index is 1.97. The lowest BCUT2D eigenvalue weighted by atomic mass is 9.81. The lowest BCUT2D eigenvalue weighted by Crippen LogP contribution is -2.21. The Morgan fingerprint density at radius 3 is 1.88 bits per heavy atom. The highest BCUT2D eigenvalue weighted by Crippen LogP contribution is 2.31. The maximum atomic E-state index is 11.2. The summed E-state index contributed by atoms with van der Waals surface area (Å²) >= 11 is 6.18. The first kappa shape index (κ1) is 19.7. The minimum absolute atomic E-state index is 0.416. The molecule has 24 heavy (non-hydrogen) atoms. The van der Waals surface area contributed by atoms with E-state index in [2.05, 4.69) is 4.99 Å². The maximum absolute atomic E-state index is 11.2. The van der Waals surface area contributed by atoms with E-state index in [9.17, 15) is 4.79 Å². The van der Waals surface area contributed by atoms with Gasteiger partial charge in [-0.05, 0) is 31.1 Å². The van der Waals surface area contributed by atoms with Crippen LogP contribution in [0.1, 0.15) is 89.9 Å². The Morgan fingerprint density at radius 1 is 0.833 bits per heavy atom. The van der Waals surface area contributed by atoms with Crippen molar-refractivity contribution in [3.05, 3.63) is 11.6 Å². The van der Waals surface area contributed by atoms with Crippen molar-refractivity contribution in [1.29, 1.82) is 0 Å². The second-order valence-electron chi connectivity index (χ2n) is 7.63. The van der Waals surface area contributed by atoms with E-state index in [0.717, 1.165) is 19.3 Å². The Labute approximate surface area is 153 Å². The largest absolute Gasteiger partial charge is 0.298 e. The van der Waals surface area contributed by atoms with E-state index in [1.54, 1.807) is 0 Å². The van der Waals surface area contributed by atoms with E-state index in [4.69, 9.17) is 11.6 Å². The number of aliphatic imine (C=N–C) groups is 1. The minimum Gasteiger partial charge on any atom is -0.298 e. The second kappa shape index (κ2) is 11.8. The maximum Gasteiger partial charge on any atom is 0.152 e. The fraction of sp³-hybridized carbons (Fsp3) is 0.810. The monoisotopic (exact) mass is 351 g/mol. The topological polar surface area (TPSA) is 29.4 Å². The van der Waals surface area contributed by atoms with Crippen LogP contribution in [0, 0.1) is 11.8 Å². The quantitative estimate of drug-likeness (QED) is 0.498. The number of rotatable bonds is 1. The van der Waals surface area contributed by atoms with Gasteiger partial charge in [0.1, 0.15) is 5.17 Å². The molecule has 3 heteroatoms. The van der Waals surface area contributed by atoms with Crippen LogP contribution in [0.2, 0.25) is 0 Å². The van der Waals surface area contributed by atoms with Crippen LogP contribution >= 0.6 is 11.6 Å². The summed E-state index contributed by atoms with van der Waals surface area (Å²) in [5.74, 6) is 1.30. The number of hydrogen-bond acceptors (Lipinski definition) is 2. The Hall–Kier alpha value is -0.630. The zero-order valence-electron chi connectivity index (χ0n) is 15.1. The zero-order valence-corrected chi connectivity index (χ0v) is 15.9. The SMILES string of the molecule is O=CC1=C/CC2CCCCCCCCCCCCCC2C/N=C\1Cl. The highest BCUT2D eigenvalue weighted by molar-refractivity contribution is 6.71. The lowest BCUT2D eigenvalue weighted by molar-refractivity contribution is -0.104. The number of halogens is 1. The predicted octanol–water partition coefficient (Wildman–Crippen LogP) is 6.47. The molecule has 0 bridgehead atoms. The summed E-state index contributed by atoms with van der Waals surface area (Å²) in [5, 5.41) is 0.416. The Morgan fingerprint density at radius 2 is 1.33 bits per heavy atom. The first-order valence-electron chi connectivity index (χ1n) is 10.2. The van der Waals surface area contributed by atoms with Crippen LogP contribution < -0.4 is 0 Å². The third kappa shape index (κ3) is 7.09. The van der Waals surface area contributed by atoms with Crippen molar-refractivity contribution < 1.29 is 4.79 Å².